The van der Waals surface area contributed by atoms with Gasteiger partial charge in [-0.15, -0.1) is 0 Å². The highest BCUT2D eigenvalue weighted by molar-refractivity contribution is 6.74. The summed E-state index contributed by atoms with van der Waals surface area (Å²) in [5.41, 5.74) is 0. The SMILES string of the molecule is CC[C@@H](C[C@@H](CC=O)O[Si](C)(C)C(C)(C)C)O[Si](C)(C)C(C)(C)C. The minimum atomic E-state index is -1.88. The molecule has 2 atom stereocenters. The lowest BCUT2D eigenvalue weighted by Gasteiger charge is -2.42. The molecule has 0 rings (SSSR count). The van der Waals surface area contributed by atoms with Gasteiger partial charge in [0.1, 0.15) is 6.29 Å². The second-order valence-electron chi connectivity index (χ2n) is 10.0. The first kappa shape index (κ1) is 24.0. The Morgan fingerprint density at radius 1 is 0.833 bits per heavy atom. The molecule has 0 aromatic heterocycles. The molecule has 0 saturated carbocycles. The molecule has 24 heavy (non-hydrogen) atoms. The van der Waals surface area contributed by atoms with Gasteiger partial charge in [0.25, 0.3) is 0 Å². The van der Waals surface area contributed by atoms with Crippen molar-refractivity contribution in [3.63, 3.8) is 0 Å². The lowest BCUT2D eigenvalue weighted by molar-refractivity contribution is -0.109. The van der Waals surface area contributed by atoms with E-state index in [0.29, 0.717) is 6.42 Å². The molecule has 3 nitrogen and oxygen atoms in total. The Morgan fingerprint density at radius 2 is 1.21 bits per heavy atom. The van der Waals surface area contributed by atoms with E-state index < -0.39 is 16.6 Å². The topological polar surface area (TPSA) is 35.5 Å². The molecule has 0 amide bonds. The molecule has 0 saturated heterocycles. The van der Waals surface area contributed by atoms with Gasteiger partial charge in [0.05, 0.1) is 6.10 Å². The van der Waals surface area contributed by atoms with Crippen LogP contribution in [0.1, 0.15) is 67.7 Å². The predicted octanol–water partition coefficient (Wildman–Crippen LogP) is 6.16. The number of hydrogen-bond donors (Lipinski definition) is 0. The Balaban J connectivity index is 5.12. The third-order valence-corrected chi connectivity index (χ3v) is 14.9. The van der Waals surface area contributed by atoms with E-state index in [2.05, 4.69) is 74.7 Å². The van der Waals surface area contributed by atoms with Crippen molar-refractivity contribution in [1.29, 1.82) is 0 Å². The molecule has 0 radical (unpaired) electrons. The molecular formula is C19H42O3Si2. The molecule has 0 aliphatic heterocycles. The van der Waals surface area contributed by atoms with Gasteiger partial charge in [-0.2, -0.15) is 0 Å². The molecule has 0 aliphatic rings. The van der Waals surface area contributed by atoms with Crippen molar-refractivity contribution >= 4 is 22.9 Å². The van der Waals surface area contributed by atoms with Crippen LogP contribution in [-0.2, 0) is 13.6 Å². The molecule has 5 heteroatoms. The van der Waals surface area contributed by atoms with Crippen LogP contribution >= 0.6 is 0 Å². The summed E-state index contributed by atoms with van der Waals surface area (Å²) in [5, 5.41) is 0.344. The van der Waals surface area contributed by atoms with Crippen LogP contribution in [0.5, 0.6) is 0 Å². The van der Waals surface area contributed by atoms with Crippen LogP contribution in [0, 0.1) is 0 Å². The Labute approximate surface area is 153 Å². The zero-order chi connectivity index (χ0) is 19.4. The van der Waals surface area contributed by atoms with Crippen molar-refractivity contribution < 1.29 is 13.6 Å². The first-order valence-electron chi connectivity index (χ1n) is 9.36. The second-order valence-corrected chi connectivity index (χ2v) is 19.6. The average molecular weight is 375 g/mol. The van der Waals surface area contributed by atoms with Crippen LogP contribution in [0.3, 0.4) is 0 Å². The van der Waals surface area contributed by atoms with E-state index >= 15 is 0 Å². The summed E-state index contributed by atoms with van der Waals surface area (Å²) < 4.78 is 13.1. The molecule has 0 aromatic carbocycles. The number of rotatable bonds is 9. The van der Waals surface area contributed by atoms with Crippen molar-refractivity contribution in [1.82, 2.24) is 0 Å². The Morgan fingerprint density at radius 3 is 1.50 bits per heavy atom. The van der Waals surface area contributed by atoms with E-state index in [9.17, 15) is 4.79 Å². The third kappa shape index (κ3) is 7.10. The van der Waals surface area contributed by atoms with E-state index in [1.165, 1.54) is 0 Å². The van der Waals surface area contributed by atoms with E-state index in [1.54, 1.807) is 0 Å². The zero-order valence-electron chi connectivity index (χ0n) is 18.1. The summed E-state index contributed by atoms with van der Waals surface area (Å²) in [7, 11) is -3.69. The quantitative estimate of drug-likeness (QED) is 0.358. The fourth-order valence-corrected chi connectivity index (χ4v) is 4.91. The summed E-state index contributed by atoms with van der Waals surface area (Å²) in [5.74, 6) is 0. The Hall–Kier alpha value is 0.0238. The second kappa shape index (κ2) is 8.61. The van der Waals surface area contributed by atoms with Crippen LogP contribution < -0.4 is 0 Å². The van der Waals surface area contributed by atoms with Crippen LogP contribution in [0.2, 0.25) is 36.3 Å². The maximum absolute atomic E-state index is 11.2. The normalized spacial score (nSPS) is 16.8. The predicted molar refractivity (Wildman–Crippen MR) is 110 cm³/mol. The fraction of sp³-hybridized carbons (Fsp3) is 0.947. The summed E-state index contributed by atoms with van der Waals surface area (Å²) in [6, 6.07) is 0. The first-order chi connectivity index (χ1) is 10.6. The third-order valence-electron chi connectivity index (χ3n) is 5.88. The molecule has 0 spiro atoms. The standard InChI is InChI=1S/C19H42O3Si2/c1-12-16(21-23(8,9)18(2,3)4)15-17(13-14-20)22-24(10,11)19(5,6)7/h14,16-17H,12-13,15H2,1-11H3/t16-,17+/m0/s1. The van der Waals surface area contributed by atoms with Gasteiger partial charge in [0, 0.05) is 12.5 Å². The zero-order valence-corrected chi connectivity index (χ0v) is 20.1. The van der Waals surface area contributed by atoms with Gasteiger partial charge in [0.2, 0.25) is 0 Å². The molecule has 0 bridgehead atoms. The van der Waals surface area contributed by atoms with Crippen LogP contribution in [0.25, 0.3) is 0 Å². The lowest BCUT2D eigenvalue weighted by Crippen LogP contribution is -2.47. The molecule has 0 N–H and O–H groups in total. The van der Waals surface area contributed by atoms with Gasteiger partial charge in [-0.05, 0) is 49.1 Å². The maximum Gasteiger partial charge on any atom is 0.192 e. The van der Waals surface area contributed by atoms with E-state index in [-0.39, 0.29) is 22.3 Å². The maximum atomic E-state index is 11.2. The van der Waals surface area contributed by atoms with E-state index in [0.717, 1.165) is 19.1 Å². The van der Waals surface area contributed by atoms with Crippen molar-refractivity contribution in [2.45, 2.75) is 116 Å². The first-order valence-corrected chi connectivity index (χ1v) is 15.2. The van der Waals surface area contributed by atoms with Gasteiger partial charge in [-0.25, -0.2) is 0 Å². The minimum absolute atomic E-state index is 0.0295. The number of carbonyl (C=O) groups is 1. The van der Waals surface area contributed by atoms with Crippen molar-refractivity contribution in [3.8, 4) is 0 Å². The van der Waals surface area contributed by atoms with E-state index in [4.69, 9.17) is 8.85 Å². The largest absolute Gasteiger partial charge is 0.414 e. The fourth-order valence-electron chi connectivity index (χ4n) is 2.08. The molecular weight excluding hydrogens is 332 g/mol. The molecule has 0 aliphatic carbocycles. The average Bonchev–Trinajstić information content (AvgIpc) is 2.34. The van der Waals surface area contributed by atoms with Gasteiger partial charge < -0.3 is 13.6 Å². The molecule has 0 fully saturated rings. The van der Waals surface area contributed by atoms with Crippen LogP contribution in [0.4, 0.5) is 0 Å². The molecule has 144 valence electrons. The summed E-state index contributed by atoms with van der Waals surface area (Å²) in [6.07, 6.45) is 3.37. The Kier molecular flexibility index (Phi) is 8.61. The van der Waals surface area contributed by atoms with Crippen LogP contribution in [-0.4, -0.2) is 35.1 Å². The summed E-state index contributed by atoms with van der Waals surface area (Å²) in [4.78, 5) is 11.2. The summed E-state index contributed by atoms with van der Waals surface area (Å²) >= 11 is 0. The highest BCUT2D eigenvalue weighted by Gasteiger charge is 2.41. The van der Waals surface area contributed by atoms with Gasteiger partial charge in [-0.3, -0.25) is 0 Å². The minimum Gasteiger partial charge on any atom is -0.414 e. The van der Waals surface area contributed by atoms with Crippen LogP contribution in [0.15, 0.2) is 0 Å². The highest BCUT2D eigenvalue weighted by atomic mass is 28.4. The van der Waals surface area contributed by atoms with Crippen molar-refractivity contribution in [2.75, 3.05) is 0 Å². The number of carbonyl (C=O) groups excluding carboxylic acids is 1. The van der Waals surface area contributed by atoms with Gasteiger partial charge in [0.15, 0.2) is 16.6 Å². The van der Waals surface area contributed by atoms with Gasteiger partial charge in [-0.1, -0.05) is 48.5 Å². The molecule has 0 aromatic rings. The molecule has 0 unspecified atom stereocenters. The lowest BCUT2D eigenvalue weighted by atomic mass is 10.1. The number of aldehydes is 1. The monoisotopic (exact) mass is 374 g/mol. The van der Waals surface area contributed by atoms with Crippen molar-refractivity contribution in [3.05, 3.63) is 0 Å². The summed E-state index contributed by atoms with van der Waals surface area (Å²) in [6.45, 7) is 24.8. The van der Waals surface area contributed by atoms with Crippen molar-refractivity contribution in [2.24, 2.45) is 0 Å². The highest BCUT2D eigenvalue weighted by Crippen LogP contribution is 2.40. The molecule has 0 heterocycles. The van der Waals surface area contributed by atoms with Gasteiger partial charge >= 0.3 is 0 Å². The van der Waals surface area contributed by atoms with E-state index in [1.807, 2.05) is 0 Å². The number of hydrogen-bond acceptors (Lipinski definition) is 3. The Bertz CT molecular complexity index is 392. The smallest absolute Gasteiger partial charge is 0.192 e.